The van der Waals surface area contributed by atoms with Crippen molar-refractivity contribution in [3.05, 3.63) is 76.0 Å². The van der Waals surface area contributed by atoms with Crippen LogP contribution in [0.25, 0.3) is 11.4 Å². The Bertz CT molecular complexity index is 967. The van der Waals surface area contributed by atoms with Crippen molar-refractivity contribution in [2.45, 2.75) is 13.1 Å². The van der Waals surface area contributed by atoms with Crippen LogP contribution in [0.15, 0.2) is 53.3 Å². The Balaban J connectivity index is 1.99. The molecule has 1 aliphatic heterocycles. The lowest BCUT2D eigenvalue weighted by molar-refractivity contribution is 0.534. The fraction of sp³-hybridized carbons (Fsp3) is 0.118. The second-order valence-electron chi connectivity index (χ2n) is 5.42. The lowest BCUT2D eigenvalue weighted by atomic mass is 10.1. The monoisotopic (exact) mass is 308 g/mol. The van der Waals surface area contributed by atoms with E-state index < -0.39 is 6.17 Å². The van der Waals surface area contributed by atoms with Crippen molar-refractivity contribution in [2.24, 2.45) is 0 Å². The number of fused-ring (bicyclic) bond motifs is 3. The average Bonchev–Trinajstić information content (AvgIpc) is 2.55. The van der Waals surface area contributed by atoms with Crippen molar-refractivity contribution in [3.8, 4) is 11.4 Å². The molecular weight excluding hydrogens is 295 g/mol. The van der Waals surface area contributed by atoms with E-state index in [-0.39, 0.29) is 11.4 Å². The number of halogens is 1. The highest BCUT2D eigenvalue weighted by Crippen LogP contribution is 2.35. The van der Waals surface area contributed by atoms with E-state index in [1.54, 1.807) is 17.7 Å². The number of rotatable bonds is 1. The summed E-state index contributed by atoms with van der Waals surface area (Å²) in [6.07, 6.45) is -0.428. The van der Waals surface area contributed by atoms with Gasteiger partial charge in [0, 0.05) is 11.3 Å². The topological polar surface area (TPSA) is 59.8 Å². The van der Waals surface area contributed by atoms with Crippen LogP contribution in [0.2, 0.25) is 0 Å². The van der Waals surface area contributed by atoms with Gasteiger partial charge in [-0.05, 0) is 36.8 Å². The summed E-state index contributed by atoms with van der Waals surface area (Å²) in [5.74, 6) is 0.152. The third-order valence-electron chi connectivity index (χ3n) is 3.86. The molecule has 1 aromatic heterocycles. The Morgan fingerprint density at radius 2 is 2.00 bits per heavy atom. The normalized spacial score (nSPS) is 15.5. The molecule has 1 N–H and O–H groups in total. The minimum Gasteiger partial charge on any atom is -0.359 e. The number of aryl methyl sites for hydroxylation is 1. The highest BCUT2D eigenvalue weighted by Gasteiger charge is 2.27. The molecule has 4 rings (SSSR count). The highest BCUT2D eigenvalue weighted by atomic mass is 19.1. The molecule has 1 aliphatic rings. The van der Waals surface area contributed by atoms with Crippen molar-refractivity contribution >= 4 is 5.69 Å². The molecule has 0 amide bonds. The molecule has 0 saturated carbocycles. The van der Waals surface area contributed by atoms with Gasteiger partial charge in [0.1, 0.15) is 17.7 Å². The average molecular weight is 308 g/mol. The summed E-state index contributed by atoms with van der Waals surface area (Å²) in [6, 6.07) is 13.8. The number of hydrogen-bond acceptors (Lipinski definition) is 4. The Labute approximate surface area is 131 Å². The minimum absolute atomic E-state index is 0.302. The summed E-state index contributed by atoms with van der Waals surface area (Å²) in [6.45, 7) is 1.62. The zero-order valence-electron chi connectivity index (χ0n) is 12.3. The second kappa shape index (κ2) is 5.01. The van der Waals surface area contributed by atoms with E-state index in [0.29, 0.717) is 17.1 Å². The van der Waals surface area contributed by atoms with Crippen molar-refractivity contribution in [1.82, 2.24) is 14.8 Å². The van der Waals surface area contributed by atoms with Gasteiger partial charge in [-0.15, -0.1) is 0 Å². The molecule has 0 radical (unpaired) electrons. The Morgan fingerprint density at radius 1 is 1.17 bits per heavy atom. The van der Waals surface area contributed by atoms with Crippen LogP contribution in [0.4, 0.5) is 10.1 Å². The molecular formula is C17H13FN4O. The molecule has 0 bridgehead atoms. The van der Waals surface area contributed by atoms with Gasteiger partial charge in [0.05, 0.1) is 0 Å². The van der Waals surface area contributed by atoms with E-state index in [0.717, 1.165) is 11.3 Å². The fourth-order valence-electron chi connectivity index (χ4n) is 2.76. The van der Waals surface area contributed by atoms with Gasteiger partial charge in [0.2, 0.25) is 0 Å². The molecule has 2 aromatic carbocycles. The largest absolute Gasteiger partial charge is 0.359 e. The first kappa shape index (κ1) is 13.6. The number of nitrogens with zero attached hydrogens (tertiary/aromatic N) is 3. The molecule has 2 heterocycles. The fourth-order valence-corrected chi connectivity index (χ4v) is 2.76. The van der Waals surface area contributed by atoms with E-state index in [4.69, 9.17) is 0 Å². The van der Waals surface area contributed by atoms with E-state index in [2.05, 4.69) is 15.4 Å². The first-order valence-electron chi connectivity index (χ1n) is 7.22. The van der Waals surface area contributed by atoms with E-state index in [1.165, 1.54) is 12.1 Å². The first-order valence-corrected chi connectivity index (χ1v) is 7.22. The number of para-hydroxylation sites is 1. The standard InChI is InChI=1S/C17H13FN4O/c1-10-17(23)20-16-13-7-2-3-8-14(13)19-15(22(16)21-10)11-5-4-6-12(18)9-11/h2-9,15,19H,1H3/t15-/m0/s1. The highest BCUT2D eigenvalue weighted by molar-refractivity contribution is 5.76. The van der Waals surface area contributed by atoms with Crippen LogP contribution in [0.5, 0.6) is 0 Å². The molecule has 23 heavy (non-hydrogen) atoms. The van der Waals surface area contributed by atoms with Crippen LogP contribution in [0.1, 0.15) is 17.4 Å². The summed E-state index contributed by atoms with van der Waals surface area (Å²) in [4.78, 5) is 16.1. The zero-order chi connectivity index (χ0) is 16.0. The molecule has 0 unspecified atom stereocenters. The van der Waals surface area contributed by atoms with Crippen molar-refractivity contribution < 1.29 is 4.39 Å². The van der Waals surface area contributed by atoms with Crippen molar-refractivity contribution in [1.29, 1.82) is 0 Å². The lowest BCUT2D eigenvalue weighted by Crippen LogP contribution is -2.32. The van der Waals surface area contributed by atoms with Gasteiger partial charge in [-0.2, -0.15) is 10.1 Å². The summed E-state index contributed by atoms with van der Waals surface area (Å²) in [7, 11) is 0. The van der Waals surface area contributed by atoms with Gasteiger partial charge in [-0.25, -0.2) is 9.07 Å². The number of benzene rings is 2. The Kier molecular flexibility index (Phi) is 2.97. The van der Waals surface area contributed by atoms with Crippen molar-refractivity contribution in [3.63, 3.8) is 0 Å². The minimum atomic E-state index is -0.428. The molecule has 0 aliphatic carbocycles. The number of nitrogens with one attached hydrogen (secondary N) is 1. The Morgan fingerprint density at radius 3 is 2.83 bits per heavy atom. The van der Waals surface area contributed by atoms with Crippen molar-refractivity contribution in [2.75, 3.05) is 5.32 Å². The van der Waals surface area contributed by atoms with Gasteiger partial charge in [-0.3, -0.25) is 4.79 Å². The lowest BCUT2D eigenvalue weighted by Gasteiger charge is -2.30. The SMILES string of the molecule is Cc1nn2c(nc1=O)-c1ccccc1N[C@@H]2c1cccc(F)c1. The van der Waals surface area contributed by atoms with Crippen LogP contribution in [-0.2, 0) is 0 Å². The van der Waals surface area contributed by atoms with Crippen LogP contribution >= 0.6 is 0 Å². The second-order valence-corrected chi connectivity index (χ2v) is 5.42. The molecule has 0 spiro atoms. The molecule has 6 heteroatoms. The molecule has 114 valence electrons. The molecule has 0 fully saturated rings. The maximum absolute atomic E-state index is 13.6. The Hall–Kier alpha value is -3.02. The number of hydrogen-bond donors (Lipinski definition) is 1. The van der Waals surface area contributed by atoms with Crippen LogP contribution in [0.3, 0.4) is 0 Å². The van der Waals surface area contributed by atoms with Gasteiger partial charge in [0.25, 0.3) is 5.56 Å². The van der Waals surface area contributed by atoms with E-state index in [9.17, 15) is 9.18 Å². The quantitative estimate of drug-likeness (QED) is 0.751. The van der Waals surface area contributed by atoms with Crippen LogP contribution < -0.4 is 10.9 Å². The predicted molar refractivity (Wildman–Crippen MR) is 84.6 cm³/mol. The summed E-state index contributed by atoms with van der Waals surface area (Å²) >= 11 is 0. The molecule has 0 saturated heterocycles. The third-order valence-corrected chi connectivity index (χ3v) is 3.86. The smallest absolute Gasteiger partial charge is 0.294 e. The van der Waals surface area contributed by atoms with E-state index >= 15 is 0 Å². The summed E-state index contributed by atoms with van der Waals surface area (Å²) in [5.41, 5.74) is 2.28. The predicted octanol–water partition coefficient (Wildman–Crippen LogP) is 2.73. The molecule has 1 atom stereocenters. The van der Waals surface area contributed by atoms with Gasteiger partial charge in [-0.1, -0.05) is 24.3 Å². The summed E-state index contributed by atoms with van der Waals surface area (Å²) < 4.78 is 15.2. The van der Waals surface area contributed by atoms with Gasteiger partial charge >= 0.3 is 0 Å². The van der Waals surface area contributed by atoms with Crippen LogP contribution in [-0.4, -0.2) is 14.8 Å². The number of anilines is 1. The maximum Gasteiger partial charge on any atom is 0.294 e. The molecule has 5 nitrogen and oxygen atoms in total. The van der Waals surface area contributed by atoms with E-state index in [1.807, 2.05) is 30.3 Å². The first-order chi connectivity index (χ1) is 11.1. The summed E-state index contributed by atoms with van der Waals surface area (Å²) in [5, 5.41) is 7.69. The van der Waals surface area contributed by atoms with Crippen LogP contribution in [0, 0.1) is 12.7 Å². The number of aromatic nitrogens is 3. The molecule has 3 aromatic rings. The maximum atomic E-state index is 13.6. The van der Waals surface area contributed by atoms with Gasteiger partial charge in [0.15, 0.2) is 5.82 Å². The third kappa shape index (κ3) is 2.19. The zero-order valence-corrected chi connectivity index (χ0v) is 12.3. The van der Waals surface area contributed by atoms with Gasteiger partial charge < -0.3 is 5.32 Å².